The summed E-state index contributed by atoms with van der Waals surface area (Å²) in [7, 11) is 0. The lowest BCUT2D eigenvalue weighted by molar-refractivity contribution is -0.116. The number of likely N-dealkylation sites (tertiary alicyclic amines) is 1. The van der Waals surface area contributed by atoms with Gasteiger partial charge < -0.3 is 0 Å². The monoisotopic (exact) mass is 209 g/mol. The van der Waals surface area contributed by atoms with Crippen molar-refractivity contribution in [2.45, 2.75) is 40.0 Å². The van der Waals surface area contributed by atoms with Gasteiger partial charge in [-0.25, -0.2) is 0 Å². The first kappa shape index (κ1) is 12.4. The van der Waals surface area contributed by atoms with Crippen LogP contribution in [0.4, 0.5) is 0 Å². The van der Waals surface area contributed by atoms with Crippen LogP contribution in [0.1, 0.15) is 40.0 Å². The molecule has 0 bridgehead atoms. The fourth-order valence-corrected chi connectivity index (χ4v) is 1.88. The highest BCUT2D eigenvalue weighted by atomic mass is 16.1. The first-order valence-electron chi connectivity index (χ1n) is 5.89. The molecule has 0 aliphatic carbocycles. The van der Waals surface area contributed by atoms with E-state index in [0.717, 1.165) is 6.54 Å². The van der Waals surface area contributed by atoms with Crippen LogP contribution in [0, 0.1) is 5.41 Å². The second-order valence-electron chi connectivity index (χ2n) is 5.61. The minimum atomic E-state index is 0.106. The summed E-state index contributed by atoms with van der Waals surface area (Å²) in [5.74, 6) is 0.252. The number of carbonyl (C=O) groups excluding carboxylic acids is 1. The first-order chi connectivity index (χ1) is 6.97. The van der Waals surface area contributed by atoms with Crippen LogP contribution in [-0.2, 0) is 4.79 Å². The summed E-state index contributed by atoms with van der Waals surface area (Å²) in [6.07, 6.45) is 7.03. The van der Waals surface area contributed by atoms with Gasteiger partial charge in [-0.3, -0.25) is 9.69 Å². The smallest absolute Gasteiger partial charge is 0.155 e. The molecule has 15 heavy (non-hydrogen) atoms. The first-order valence-corrected chi connectivity index (χ1v) is 5.89. The average molecular weight is 209 g/mol. The van der Waals surface area contributed by atoms with E-state index in [4.69, 9.17) is 0 Å². The molecule has 0 aromatic heterocycles. The van der Waals surface area contributed by atoms with E-state index >= 15 is 0 Å². The molecule has 2 heteroatoms. The second kappa shape index (κ2) is 5.45. The Labute approximate surface area is 93.3 Å². The van der Waals surface area contributed by atoms with Gasteiger partial charge >= 0.3 is 0 Å². The van der Waals surface area contributed by atoms with Crippen LogP contribution < -0.4 is 0 Å². The molecule has 1 rings (SSSR count). The number of rotatable bonds is 4. The van der Waals surface area contributed by atoms with Crippen molar-refractivity contribution in [1.29, 1.82) is 0 Å². The molecule has 86 valence electrons. The number of hydrogen-bond acceptors (Lipinski definition) is 2. The standard InChI is InChI=1S/C13H23NO/c1-13(2,3)11-12(15)7-6-10-14-8-4-5-9-14/h6-7H,4-5,8-11H2,1-3H3/b7-6+. The second-order valence-corrected chi connectivity index (χ2v) is 5.61. The van der Waals surface area contributed by atoms with Crippen molar-refractivity contribution in [1.82, 2.24) is 4.90 Å². The SMILES string of the molecule is CC(C)(C)CC(=O)/C=C/CN1CCCC1. The number of hydrogen-bond donors (Lipinski definition) is 0. The third-order valence-electron chi connectivity index (χ3n) is 2.57. The molecular weight excluding hydrogens is 186 g/mol. The molecule has 1 aliphatic rings. The minimum absolute atomic E-state index is 0.106. The highest BCUT2D eigenvalue weighted by molar-refractivity contribution is 5.90. The fraction of sp³-hybridized carbons (Fsp3) is 0.769. The Kier molecular flexibility index (Phi) is 4.52. The summed E-state index contributed by atoms with van der Waals surface area (Å²) in [5.41, 5.74) is 0.106. The molecule has 0 saturated carbocycles. The highest BCUT2D eigenvalue weighted by Crippen LogP contribution is 2.18. The Morgan fingerprint density at radius 2 is 1.87 bits per heavy atom. The lowest BCUT2D eigenvalue weighted by atomic mass is 9.90. The summed E-state index contributed by atoms with van der Waals surface area (Å²) < 4.78 is 0. The van der Waals surface area contributed by atoms with Crippen molar-refractivity contribution >= 4 is 5.78 Å². The molecule has 0 spiro atoms. The van der Waals surface area contributed by atoms with Gasteiger partial charge in [0.2, 0.25) is 0 Å². The van der Waals surface area contributed by atoms with Crippen molar-refractivity contribution in [2.75, 3.05) is 19.6 Å². The van der Waals surface area contributed by atoms with E-state index in [2.05, 4.69) is 25.7 Å². The lowest BCUT2D eigenvalue weighted by Gasteiger charge is -2.15. The van der Waals surface area contributed by atoms with Gasteiger partial charge in [0.05, 0.1) is 0 Å². The summed E-state index contributed by atoms with van der Waals surface area (Å²) in [4.78, 5) is 13.9. The van der Waals surface area contributed by atoms with E-state index in [1.807, 2.05) is 6.08 Å². The van der Waals surface area contributed by atoms with Crippen LogP contribution in [0.5, 0.6) is 0 Å². The van der Waals surface area contributed by atoms with E-state index < -0.39 is 0 Å². The Morgan fingerprint density at radius 3 is 2.40 bits per heavy atom. The maximum absolute atomic E-state index is 11.5. The number of ketones is 1. The van der Waals surface area contributed by atoms with E-state index in [1.165, 1.54) is 25.9 Å². The molecule has 0 amide bonds. The van der Waals surface area contributed by atoms with Crippen molar-refractivity contribution in [3.8, 4) is 0 Å². The molecule has 1 fully saturated rings. The highest BCUT2D eigenvalue weighted by Gasteiger charge is 2.14. The van der Waals surface area contributed by atoms with Crippen LogP contribution in [0.25, 0.3) is 0 Å². The lowest BCUT2D eigenvalue weighted by Crippen LogP contribution is -2.19. The van der Waals surface area contributed by atoms with Gasteiger partial charge in [0.1, 0.15) is 0 Å². The topological polar surface area (TPSA) is 20.3 Å². The normalized spacial score (nSPS) is 18.9. The molecule has 0 N–H and O–H groups in total. The van der Waals surface area contributed by atoms with Crippen molar-refractivity contribution in [3.63, 3.8) is 0 Å². The summed E-state index contributed by atoms with van der Waals surface area (Å²) in [6.45, 7) is 9.61. The van der Waals surface area contributed by atoms with Gasteiger partial charge in [-0.05, 0) is 37.4 Å². The largest absolute Gasteiger partial charge is 0.300 e. The van der Waals surface area contributed by atoms with Crippen LogP contribution >= 0.6 is 0 Å². The summed E-state index contributed by atoms with van der Waals surface area (Å²) in [6, 6.07) is 0. The van der Waals surface area contributed by atoms with Crippen LogP contribution in [0.3, 0.4) is 0 Å². The average Bonchev–Trinajstić information content (AvgIpc) is 2.53. The Bertz CT molecular complexity index is 231. The molecule has 1 heterocycles. The zero-order valence-corrected chi connectivity index (χ0v) is 10.3. The van der Waals surface area contributed by atoms with Crippen LogP contribution in [0.15, 0.2) is 12.2 Å². The molecule has 0 radical (unpaired) electrons. The van der Waals surface area contributed by atoms with E-state index in [0.29, 0.717) is 6.42 Å². The maximum atomic E-state index is 11.5. The van der Waals surface area contributed by atoms with Crippen molar-refractivity contribution < 1.29 is 4.79 Å². The van der Waals surface area contributed by atoms with Gasteiger partial charge in [0.25, 0.3) is 0 Å². The molecular formula is C13H23NO. The molecule has 1 aliphatic heterocycles. The Balaban J connectivity index is 2.22. The quantitative estimate of drug-likeness (QED) is 0.663. The van der Waals surface area contributed by atoms with Crippen LogP contribution in [0.2, 0.25) is 0 Å². The predicted molar refractivity (Wildman–Crippen MR) is 63.9 cm³/mol. The minimum Gasteiger partial charge on any atom is -0.300 e. The molecule has 0 aromatic carbocycles. The van der Waals surface area contributed by atoms with Gasteiger partial charge in [-0.15, -0.1) is 0 Å². The Morgan fingerprint density at radius 1 is 1.27 bits per heavy atom. The molecule has 1 saturated heterocycles. The number of carbonyl (C=O) groups is 1. The molecule has 0 aromatic rings. The Hall–Kier alpha value is -0.630. The zero-order chi connectivity index (χ0) is 11.3. The van der Waals surface area contributed by atoms with Crippen LogP contribution in [-0.4, -0.2) is 30.3 Å². The van der Waals surface area contributed by atoms with Crippen molar-refractivity contribution in [3.05, 3.63) is 12.2 Å². The summed E-state index contributed by atoms with van der Waals surface area (Å²) in [5, 5.41) is 0. The predicted octanol–water partition coefficient (Wildman–Crippen LogP) is 2.64. The van der Waals surface area contributed by atoms with E-state index in [-0.39, 0.29) is 11.2 Å². The number of allylic oxidation sites excluding steroid dienone is 1. The van der Waals surface area contributed by atoms with Crippen molar-refractivity contribution in [2.24, 2.45) is 5.41 Å². The molecule has 2 nitrogen and oxygen atoms in total. The maximum Gasteiger partial charge on any atom is 0.155 e. The third kappa shape index (κ3) is 5.73. The van der Waals surface area contributed by atoms with Gasteiger partial charge in [-0.2, -0.15) is 0 Å². The zero-order valence-electron chi connectivity index (χ0n) is 10.3. The van der Waals surface area contributed by atoms with Gasteiger partial charge in [-0.1, -0.05) is 26.8 Å². The molecule has 0 atom stereocenters. The van der Waals surface area contributed by atoms with E-state index in [1.54, 1.807) is 6.08 Å². The van der Waals surface area contributed by atoms with Gasteiger partial charge in [0, 0.05) is 13.0 Å². The summed E-state index contributed by atoms with van der Waals surface area (Å²) >= 11 is 0. The third-order valence-corrected chi connectivity index (χ3v) is 2.57. The number of nitrogens with zero attached hydrogens (tertiary/aromatic N) is 1. The van der Waals surface area contributed by atoms with E-state index in [9.17, 15) is 4.79 Å². The fourth-order valence-electron chi connectivity index (χ4n) is 1.88. The van der Waals surface area contributed by atoms with Gasteiger partial charge in [0.15, 0.2) is 5.78 Å². The molecule has 0 unspecified atom stereocenters.